The molecule has 0 radical (unpaired) electrons. The fraction of sp³-hybridized carbons (Fsp3) is 1.00. The van der Waals surface area contributed by atoms with Crippen LogP contribution in [-0.4, -0.2) is 45.4 Å². The minimum atomic E-state index is -3.31. The van der Waals surface area contributed by atoms with Gasteiger partial charge in [0.1, 0.15) is 0 Å². The van der Waals surface area contributed by atoms with Crippen LogP contribution in [-0.2, 0) is 10.2 Å². The molecule has 0 aromatic rings. The fourth-order valence-electron chi connectivity index (χ4n) is 2.55. The predicted octanol–water partition coefficient (Wildman–Crippen LogP) is 1.87. The molecule has 0 aliphatic heterocycles. The number of nitrogens with one attached hydrogen (secondary N) is 2. The summed E-state index contributed by atoms with van der Waals surface area (Å²) in [6, 6.07) is 0.128. The van der Waals surface area contributed by atoms with E-state index in [-0.39, 0.29) is 6.04 Å². The first-order valence-electron chi connectivity index (χ1n) is 8.00. The van der Waals surface area contributed by atoms with Crippen LogP contribution in [0.4, 0.5) is 0 Å². The molecule has 6 heteroatoms. The zero-order valence-corrected chi connectivity index (χ0v) is 13.8. The van der Waals surface area contributed by atoms with E-state index in [9.17, 15) is 8.42 Å². The summed E-state index contributed by atoms with van der Waals surface area (Å²) in [7, 11) is -1.65. The number of hydrogen-bond acceptors (Lipinski definition) is 3. The van der Waals surface area contributed by atoms with Gasteiger partial charge in [0.15, 0.2) is 0 Å². The topological polar surface area (TPSA) is 61.4 Å². The van der Waals surface area contributed by atoms with E-state index < -0.39 is 10.2 Å². The number of nitrogens with zero attached hydrogens (tertiary/aromatic N) is 1. The van der Waals surface area contributed by atoms with E-state index in [4.69, 9.17) is 0 Å². The van der Waals surface area contributed by atoms with E-state index in [2.05, 4.69) is 17.0 Å². The van der Waals surface area contributed by atoms with Gasteiger partial charge >= 0.3 is 0 Å². The minimum absolute atomic E-state index is 0.128. The highest BCUT2D eigenvalue weighted by atomic mass is 32.2. The highest BCUT2D eigenvalue weighted by Crippen LogP contribution is 2.18. The van der Waals surface area contributed by atoms with Crippen LogP contribution in [0.2, 0.25) is 0 Å². The van der Waals surface area contributed by atoms with Crippen LogP contribution in [0.1, 0.15) is 58.3 Å². The SMILES string of the molecule is CCCNCCCN(C)S(=O)(=O)NC1CCCCCC1. The van der Waals surface area contributed by atoms with Crippen molar-refractivity contribution in [2.24, 2.45) is 0 Å². The molecule has 120 valence electrons. The average Bonchev–Trinajstić information content (AvgIpc) is 2.66. The van der Waals surface area contributed by atoms with E-state index in [1.807, 2.05) is 0 Å². The molecule has 0 bridgehead atoms. The molecule has 0 spiro atoms. The van der Waals surface area contributed by atoms with Crippen LogP contribution in [0.3, 0.4) is 0 Å². The molecule has 0 aromatic carbocycles. The van der Waals surface area contributed by atoms with Crippen molar-refractivity contribution in [1.29, 1.82) is 0 Å². The van der Waals surface area contributed by atoms with Gasteiger partial charge in [0.05, 0.1) is 0 Å². The third-order valence-electron chi connectivity index (χ3n) is 3.83. The van der Waals surface area contributed by atoms with Gasteiger partial charge in [0.2, 0.25) is 0 Å². The Bertz CT molecular complexity index is 338. The van der Waals surface area contributed by atoms with Crippen LogP contribution in [0.15, 0.2) is 0 Å². The van der Waals surface area contributed by atoms with Gasteiger partial charge in [-0.15, -0.1) is 0 Å². The number of rotatable bonds is 9. The van der Waals surface area contributed by atoms with Crippen molar-refractivity contribution < 1.29 is 8.42 Å². The normalized spacial score (nSPS) is 18.4. The highest BCUT2D eigenvalue weighted by Gasteiger charge is 2.22. The van der Waals surface area contributed by atoms with Crippen molar-refractivity contribution >= 4 is 10.2 Å². The second-order valence-corrected chi connectivity index (χ2v) is 7.55. The van der Waals surface area contributed by atoms with E-state index in [0.717, 1.165) is 51.6 Å². The van der Waals surface area contributed by atoms with Crippen LogP contribution < -0.4 is 10.0 Å². The first-order valence-corrected chi connectivity index (χ1v) is 9.44. The van der Waals surface area contributed by atoms with E-state index in [1.165, 1.54) is 17.1 Å². The Morgan fingerprint density at radius 1 is 1.10 bits per heavy atom. The summed E-state index contributed by atoms with van der Waals surface area (Å²) < 4.78 is 28.8. The van der Waals surface area contributed by atoms with Crippen molar-refractivity contribution in [2.75, 3.05) is 26.7 Å². The molecule has 20 heavy (non-hydrogen) atoms. The molecule has 0 saturated heterocycles. The lowest BCUT2D eigenvalue weighted by atomic mass is 10.1. The number of hydrogen-bond donors (Lipinski definition) is 2. The summed E-state index contributed by atoms with van der Waals surface area (Å²) in [5, 5.41) is 3.29. The molecule has 0 amide bonds. The standard InChI is InChI=1S/C14H31N3O2S/c1-3-11-15-12-8-13-17(2)20(18,19)16-14-9-6-4-5-7-10-14/h14-16H,3-13H2,1-2H3. The summed E-state index contributed by atoms with van der Waals surface area (Å²) in [5.41, 5.74) is 0. The first-order chi connectivity index (χ1) is 9.56. The van der Waals surface area contributed by atoms with Crippen LogP contribution in [0.5, 0.6) is 0 Å². The van der Waals surface area contributed by atoms with E-state index in [0.29, 0.717) is 6.54 Å². The summed E-state index contributed by atoms with van der Waals surface area (Å²) in [5.74, 6) is 0. The zero-order chi connectivity index (χ0) is 14.8. The fourth-order valence-corrected chi connectivity index (χ4v) is 3.75. The third-order valence-corrected chi connectivity index (χ3v) is 5.47. The molecular formula is C14H31N3O2S. The molecular weight excluding hydrogens is 274 g/mol. The molecule has 0 heterocycles. The van der Waals surface area contributed by atoms with Gasteiger partial charge in [0.25, 0.3) is 10.2 Å². The van der Waals surface area contributed by atoms with Gasteiger partial charge in [-0.05, 0) is 38.8 Å². The van der Waals surface area contributed by atoms with E-state index in [1.54, 1.807) is 7.05 Å². The summed E-state index contributed by atoms with van der Waals surface area (Å²) in [4.78, 5) is 0. The van der Waals surface area contributed by atoms with Crippen molar-refractivity contribution in [3.63, 3.8) is 0 Å². The zero-order valence-electron chi connectivity index (χ0n) is 13.0. The van der Waals surface area contributed by atoms with Gasteiger partial charge in [-0.2, -0.15) is 17.4 Å². The van der Waals surface area contributed by atoms with Gasteiger partial charge < -0.3 is 5.32 Å². The lowest BCUT2D eigenvalue weighted by Gasteiger charge is -2.22. The molecule has 1 saturated carbocycles. The van der Waals surface area contributed by atoms with Gasteiger partial charge in [-0.3, -0.25) is 0 Å². The van der Waals surface area contributed by atoms with Crippen LogP contribution >= 0.6 is 0 Å². The molecule has 1 rings (SSSR count). The summed E-state index contributed by atoms with van der Waals surface area (Å²) in [6.07, 6.45) is 8.65. The molecule has 1 aliphatic carbocycles. The van der Waals surface area contributed by atoms with Crippen molar-refractivity contribution in [1.82, 2.24) is 14.3 Å². The van der Waals surface area contributed by atoms with Gasteiger partial charge in [-0.25, -0.2) is 0 Å². The van der Waals surface area contributed by atoms with Crippen molar-refractivity contribution in [3.8, 4) is 0 Å². The largest absolute Gasteiger partial charge is 0.317 e. The van der Waals surface area contributed by atoms with Gasteiger partial charge in [0, 0.05) is 19.6 Å². The molecule has 1 fully saturated rings. The summed E-state index contributed by atoms with van der Waals surface area (Å²) >= 11 is 0. The molecule has 0 aromatic heterocycles. The molecule has 5 nitrogen and oxygen atoms in total. The van der Waals surface area contributed by atoms with Crippen LogP contribution in [0, 0.1) is 0 Å². The second-order valence-electron chi connectivity index (χ2n) is 5.74. The molecule has 0 unspecified atom stereocenters. The Morgan fingerprint density at radius 2 is 1.75 bits per heavy atom. The molecule has 2 N–H and O–H groups in total. The maximum Gasteiger partial charge on any atom is 0.279 e. The first kappa shape index (κ1) is 17.9. The summed E-state index contributed by atoms with van der Waals surface area (Å²) in [6.45, 7) is 4.56. The lowest BCUT2D eigenvalue weighted by Crippen LogP contribution is -2.44. The quantitative estimate of drug-likeness (QED) is 0.505. The Labute approximate surface area is 124 Å². The highest BCUT2D eigenvalue weighted by molar-refractivity contribution is 7.87. The maximum atomic E-state index is 12.2. The third kappa shape index (κ3) is 7.02. The Kier molecular flexibility index (Phi) is 8.68. The van der Waals surface area contributed by atoms with Gasteiger partial charge in [-0.1, -0.05) is 32.6 Å². The molecule has 0 atom stereocenters. The smallest absolute Gasteiger partial charge is 0.279 e. The predicted molar refractivity (Wildman–Crippen MR) is 84.0 cm³/mol. The van der Waals surface area contributed by atoms with E-state index >= 15 is 0 Å². The maximum absolute atomic E-state index is 12.2. The van der Waals surface area contributed by atoms with Crippen LogP contribution in [0.25, 0.3) is 0 Å². The average molecular weight is 305 g/mol. The van der Waals surface area contributed by atoms with Crippen molar-refractivity contribution in [2.45, 2.75) is 64.3 Å². The molecule has 1 aliphatic rings. The second kappa shape index (κ2) is 9.71. The Morgan fingerprint density at radius 3 is 2.35 bits per heavy atom. The minimum Gasteiger partial charge on any atom is -0.317 e. The Hall–Kier alpha value is -0.170. The monoisotopic (exact) mass is 305 g/mol. The lowest BCUT2D eigenvalue weighted by molar-refractivity contribution is 0.426. The van der Waals surface area contributed by atoms with Crippen molar-refractivity contribution in [3.05, 3.63) is 0 Å². The Balaban J connectivity index is 2.30.